The van der Waals surface area contributed by atoms with Crippen LogP contribution < -0.4 is 0 Å². The predicted molar refractivity (Wildman–Crippen MR) is 267 cm³/mol. The van der Waals surface area contributed by atoms with Crippen LogP contribution in [0.2, 0.25) is 0 Å². The smallest absolute Gasteiger partial charge is 0.166 e. The lowest BCUT2D eigenvalue weighted by atomic mass is 9.99. The SMILES string of the molecule is c1ccc(-c2nc(-c3cccc(-c4cccc5c4sc4ccccc45)c3)nc(-c3ccc(-c4cccc5c4sc4ccccc45)cc3-n3c4ccccc4c4ccccc43)n2)cc1. The summed E-state index contributed by atoms with van der Waals surface area (Å²) in [5.74, 6) is 1.86. The lowest BCUT2D eigenvalue weighted by molar-refractivity contribution is 1.06. The first kappa shape index (κ1) is 35.9. The van der Waals surface area contributed by atoms with Gasteiger partial charge in [0.2, 0.25) is 0 Å². The van der Waals surface area contributed by atoms with Gasteiger partial charge >= 0.3 is 0 Å². The molecule has 0 aliphatic carbocycles. The van der Waals surface area contributed by atoms with Crippen molar-refractivity contribution in [3.05, 3.63) is 206 Å². The summed E-state index contributed by atoms with van der Waals surface area (Å²) in [6.45, 7) is 0. The number of nitrogens with zero attached hydrogens (tertiary/aromatic N) is 4. The molecule has 0 amide bonds. The Kier molecular flexibility index (Phi) is 8.22. The van der Waals surface area contributed by atoms with Crippen molar-refractivity contribution in [2.75, 3.05) is 0 Å². The molecule has 6 heteroatoms. The molecule has 0 fully saturated rings. The van der Waals surface area contributed by atoms with Crippen molar-refractivity contribution in [1.82, 2.24) is 19.5 Å². The Bertz CT molecular complexity index is 3880. The normalized spacial score (nSPS) is 11.8. The third-order valence-electron chi connectivity index (χ3n) is 12.3. The molecule has 0 saturated heterocycles. The second kappa shape index (κ2) is 14.4. The quantitative estimate of drug-likeness (QED) is 0.168. The summed E-state index contributed by atoms with van der Waals surface area (Å²) in [6, 6.07) is 73.8. The van der Waals surface area contributed by atoms with Gasteiger partial charge < -0.3 is 4.57 Å². The minimum absolute atomic E-state index is 0.611. The molecule has 0 spiro atoms. The topological polar surface area (TPSA) is 43.6 Å². The third kappa shape index (κ3) is 5.83. The molecule has 63 heavy (non-hydrogen) atoms. The fraction of sp³-hybridized carbons (Fsp3) is 0. The highest BCUT2D eigenvalue weighted by atomic mass is 32.1. The van der Waals surface area contributed by atoms with E-state index in [1.54, 1.807) is 0 Å². The lowest BCUT2D eigenvalue weighted by Crippen LogP contribution is -2.04. The van der Waals surface area contributed by atoms with Gasteiger partial charge in [-0.05, 0) is 64.7 Å². The maximum Gasteiger partial charge on any atom is 0.166 e. The van der Waals surface area contributed by atoms with E-state index < -0.39 is 0 Å². The number of aromatic nitrogens is 4. The van der Waals surface area contributed by atoms with Crippen molar-refractivity contribution in [3.63, 3.8) is 0 Å². The second-order valence-electron chi connectivity index (χ2n) is 15.9. The molecule has 9 aromatic carbocycles. The molecule has 0 N–H and O–H groups in total. The van der Waals surface area contributed by atoms with Crippen LogP contribution in [-0.2, 0) is 0 Å². The van der Waals surface area contributed by atoms with E-state index in [9.17, 15) is 0 Å². The number of benzene rings is 9. The number of hydrogen-bond acceptors (Lipinski definition) is 5. The van der Waals surface area contributed by atoms with Crippen molar-refractivity contribution in [2.24, 2.45) is 0 Å². The Morgan fingerprint density at radius 1 is 0.302 bits per heavy atom. The van der Waals surface area contributed by atoms with Gasteiger partial charge in [0.1, 0.15) is 0 Å². The van der Waals surface area contributed by atoms with Crippen molar-refractivity contribution in [1.29, 1.82) is 0 Å². The molecule has 0 aliphatic rings. The molecule has 294 valence electrons. The zero-order chi connectivity index (χ0) is 41.4. The molecular weight excluding hydrogens is 805 g/mol. The highest BCUT2D eigenvalue weighted by Gasteiger charge is 2.22. The van der Waals surface area contributed by atoms with E-state index in [0.29, 0.717) is 17.5 Å². The van der Waals surface area contributed by atoms with E-state index in [1.165, 1.54) is 62.2 Å². The van der Waals surface area contributed by atoms with Crippen LogP contribution in [0.5, 0.6) is 0 Å². The van der Waals surface area contributed by atoms with Gasteiger partial charge in [-0.15, -0.1) is 22.7 Å². The second-order valence-corrected chi connectivity index (χ2v) is 18.0. The van der Waals surface area contributed by atoms with E-state index >= 15 is 0 Å². The van der Waals surface area contributed by atoms with E-state index in [2.05, 4.69) is 193 Å². The minimum Gasteiger partial charge on any atom is -0.308 e. The molecule has 0 radical (unpaired) electrons. The maximum absolute atomic E-state index is 5.41. The number of hydrogen-bond donors (Lipinski definition) is 0. The maximum atomic E-state index is 5.41. The van der Waals surface area contributed by atoms with Gasteiger partial charge in [-0.3, -0.25) is 0 Å². The molecule has 0 atom stereocenters. The minimum atomic E-state index is 0.611. The van der Waals surface area contributed by atoms with Crippen molar-refractivity contribution in [2.45, 2.75) is 0 Å². The summed E-state index contributed by atoms with van der Waals surface area (Å²) in [5, 5.41) is 7.52. The monoisotopic (exact) mass is 838 g/mol. The Balaban J connectivity index is 1.06. The molecular formula is C57H34N4S2. The molecule has 4 heterocycles. The molecule has 0 saturated carbocycles. The number of rotatable bonds is 6. The summed E-state index contributed by atoms with van der Waals surface area (Å²) >= 11 is 3.70. The van der Waals surface area contributed by atoms with Gasteiger partial charge in [-0.1, -0.05) is 164 Å². The van der Waals surface area contributed by atoms with Gasteiger partial charge in [0.15, 0.2) is 17.5 Å². The fourth-order valence-corrected chi connectivity index (χ4v) is 11.8. The molecule has 4 aromatic heterocycles. The fourth-order valence-electron chi connectivity index (χ4n) is 9.37. The molecule has 13 aromatic rings. The first-order chi connectivity index (χ1) is 31.2. The summed E-state index contributed by atoms with van der Waals surface area (Å²) < 4.78 is 7.53. The van der Waals surface area contributed by atoms with Gasteiger partial charge in [0.05, 0.1) is 16.7 Å². The van der Waals surface area contributed by atoms with E-state index in [1.807, 2.05) is 40.9 Å². The Morgan fingerprint density at radius 3 is 1.40 bits per heavy atom. The van der Waals surface area contributed by atoms with Crippen LogP contribution in [0.3, 0.4) is 0 Å². The van der Waals surface area contributed by atoms with Crippen LogP contribution in [0.1, 0.15) is 0 Å². The van der Waals surface area contributed by atoms with Crippen molar-refractivity contribution >= 4 is 84.8 Å². The predicted octanol–water partition coefficient (Wildman–Crippen LogP) is 16.0. The standard InChI is InChI=1S/C57H34N4S2/c1-2-15-35(16-3-1)55-58-56(38-18-12-17-36(33-38)39-23-13-25-45-43-21-6-10-29-51(43)62-53(39)45)60-57(59-55)47-32-31-37(40-24-14-26-46-44-22-7-11-30-52(44)63-54(40)46)34-50(47)61-48-27-8-4-19-41(48)42-20-5-9-28-49(42)61/h1-34H. The Morgan fingerprint density at radius 2 is 0.762 bits per heavy atom. The highest BCUT2D eigenvalue weighted by molar-refractivity contribution is 7.26. The van der Waals surface area contributed by atoms with Crippen LogP contribution in [0.4, 0.5) is 0 Å². The third-order valence-corrected chi connectivity index (χ3v) is 14.7. The van der Waals surface area contributed by atoms with Crippen LogP contribution in [0.15, 0.2) is 206 Å². The number of fused-ring (bicyclic) bond motifs is 9. The summed E-state index contributed by atoms with van der Waals surface area (Å²) in [7, 11) is 0. The first-order valence-electron chi connectivity index (χ1n) is 21.1. The molecule has 0 unspecified atom stereocenters. The zero-order valence-corrected chi connectivity index (χ0v) is 35.4. The lowest BCUT2D eigenvalue weighted by Gasteiger charge is -2.17. The zero-order valence-electron chi connectivity index (χ0n) is 33.7. The van der Waals surface area contributed by atoms with Crippen LogP contribution in [-0.4, -0.2) is 19.5 Å². The Labute approximate surface area is 370 Å². The van der Waals surface area contributed by atoms with E-state index in [0.717, 1.165) is 44.5 Å². The van der Waals surface area contributed by atoms with E-state index in [-0.39, 0.29) is 0 Å². The first-order valence-corrected chi connectivity index (χ1v) is 22.7. The van der Waals surface area contributed by atoms with Crippen LogP contribution in [0, 0.1) is 0 Å². The van der Waals surface area contributed by atoms with Crippen LogP contribution >= 0.6 is 22.7 Å². The van der Waals surface area contributed by atoms with Crippen molar-refractivity contribution < 1.29 is 0 Å². The van der Waals surface area contributed by atoms with Gasteiger partial charge in [0, 0.05) is 67.8 Å². The molecule has 0 bridgehead atoms. The van der Waals surface area contributed by atoms with Gasteiger partial charge in [-0.25, -0.2) is 15.0 Å². The number of para-hydroxylation sites is 2. The highest BCUT2D eigenvalue weighted by Crippen LogP contribution is 2.44. The summed E-state index contributed by atoms with van der Waals surface area (Å²) in [6.07, 6.45) is 0. The largest absolute Gasteiger partial charge is 0.308 e. The number of thiophene rings is 2. The summed E-state index contributed by atoms with van der Waals surface area (Å²) in [4.78, 5) is 16.0. The van der Waals surface area contributed by atoms with E-state index in [4.69, 9.17) is 15.0 Å². The van der Waals surface area contributed by atoms with Gasteiger partial charge in [0.25, 0.3) is 0 Å². The summed E-state index contributed by atoms with van der Waals surface area (Å²) in [5.41, 5.74) is 10.7. The average Bonchev–Trinajstić information content (AvgIpc) is 4.04. The van der Waals surface area contributed by atoms with Gasteiger partial charge in [-0.2, -0.15) is 0 Å². The average molecular weight is 839 g/mol. The Hall–Kier alpha value is -7.77. The van der Waals surface area contributed by atoms with Crippen molar-refractivity contribution in [3.8, 4) is 62.1 Å². The molecule has 13 rings (SSSR count). The van der Waals surface area contributed by atoms with Crippen LogP contribution in [0.25, 0.3) is 124 Å². The molecule has 4 nitrogen and oxygen atoms in total. The molecule has 0 aliphatic heterocycles.